The number of aromatic nitrogens is 4. The highest BCUT2D eigenvalue weighted by Crippen LogP contribution is 2.29. The Balaban J connectivity index is 1.74. The minimum atomic E-state index is 0.343. The summed E-state index contributed by atoms with van der Waals surface area (Å²) in [7, 11) is 0. The molecule has 0 spiro atoms. The molecule has 1 fully saturated rings. The highest BCUT2D eigenvalue weighted by atomic mass is 35.5. The van der Waals surface area contributed by atoms with Gasteiger partial charge in [-0.25, -0.2) is 4.98 Å². The summed E-state index contributed by atoms with van der Waals surface area (Å²) in [6.45, 7) is 2.83. The van der Waals surface area contributed by atoms with Gasteiger partial charge in [-0.1, -0.05) is 0 Å². The molecule has 1 aliphatic carbocycles. The van der Waals surface area contributed by atoms with Gasteiger partial charge in [0.15, 0.2) is 5.82 Å². The normalized spacial score (nSPS) is 23.7. The third-order valence-electron chi connectivity index (χ3n) is 3.53. The molecule has 18 heavy (non-hydrogen) atoms. The van der Waals surface area contributed by atoms with Gasteiger partial charge in [0.05, 0.1) is 0 Å². The van der Waals surface area contributed by atoms with Crippen LogP contribution in [0.4, 0.5) is 5.82 Å². The average Bonchev–Trinajstić information content (AvgIpc) is 2.94. The molecule has 0 radical (unpaired) electrons. The number of hydrogen-bond acceptors (Lipinski definition) is 4. The maximum absolute atomic E-state index is 6.12. The molecule has 1 saturated carbocycles. The summed E-state index contributed by atoms with van der Waals surface area (Å²) >= 11 is 6.12. The number of fused-ring (bicyclic) bond motifs is 1. The van der Waals surface area contributed by atoms with Gasteiger partial charge in [0.2, 0.25) is 5.65 Å². The molecule has 0 aliphatic heterocycles. The Bertz CT molecular complexity index is 552. The van der Waals surface area contributed by atoms with Gasteiger partial charge in [0.1, 0.15) is 5.82 Å². The Labute approximate surface area is 111 Å². The molecule has 6 heteroatoms. The quantitative estimate of drug-likeness (QED) is 0.865. The van der Waals surface area contributed by atoms with Crippen molar-refractivity contribution in [3.63, 3.8) is 0 Å². The van der Waals surface area contributed by atoms with Gasteiger partial charge < -0.3 is 5.32 Å². The monoisotopic (exact) mass is 265 g/mol. The highest BCUT2D eigenvalue weighted by Gasteiger charge is 2.22. The van der Waals surface area contributed by atoms with Crippen molar-refractivity contribution in [3.8, 4) is 0 Å². The fourth-order valence-electron chi connectivity index (χ4n) is 2.51. The molecule has 2 unspecified atom stereocenters. The summed E-state index contributed by atoms with van der Waals surface area (Å²) in [5.41, 5.74) is 0.787. The van der Waals surface area contributed by atoms with Crippen LogP contribution in [0.2, 0.25) is 0 Å². The zero-order valence-corrected chi connectivity index (χ0v) is 11.1. The second-order valence-corrected chi connectivity index (χ2v) is 5.49. The van der Waals surface area contributed by atoms with Gasteiger partial charge in [-0.15, -0.1) is 21.8 Å². The number of nitrogens with one attached hydrogen (secondary N) is 1. The average molecular weight is 266 g/mol. The number of nitrogens with zero attached hydrogens (tertiary/aromatic N) is 4. The topological polar surface area (TPSA) is 55.1 Å². The van der Waals surface area contributed by atoms with E-state index in [2.05, 4.69) is 20.5 Å². The van der Waals surface area contributed by atoms with Crippen LogP contribution < -0.4 is 5.32 Å². The summed E-state index contributed by atoms with van der Waals surface area (Å²) in [6.07, 6.45) is 7.04. The first-order chi connectivity index (χ1) is 8.74. The van der Waals surface area contributed by atoms with E-state index < -0.39 is 0 Å². The molecule has 0 bridgehead atoms. The smallest absolute Gasteiger partial charge is 0.203 e. The summed E-state index contributed by atoms with van der Waals surface area (Å²) in [4.78, 5) is 4.33. The van der Waals surface area contributed by atoms with Gasteiger partial charge in [-0.05, 0) is 32.1 Å². The lowest BCUT2D eigenvalue weighted by molar-refractivity contribution is 0.579. The standard InChI is InChI=1S/C12H16ClN5/c1-8-16-17-12-11(14-4-5-18(8)12)15-7-9-2-3-10(13)6-9/h4-5,9-10H,2-3,6-7H2,1H3,(H,14,15). The number of rotatable bonds is 3. The molecule has 0 aromatic carbocycles. The van der Waals surface area contributed by atoms with Crippen molar-refractivity contribution in [1.82, 2.24) is 19.6 Å². The van der Waals surface area contributed by atoms with Crippen LogP contribution in [-0.2, 0) is 0 Å². The largest absolute Gasteiger partial charge is 0.367 e. The Hall–Kier alpha value is -1.36. The van der Waals surface area contributed by atoms with Crippen molar-refractivity contribution in [1.29, 1.82) is 0 Å². The van der Waals surface area contributed by atoms with Crippen LogP contribution >= 0.6 is 11.6 Å². The van der Waals surface area contributed by atoms with Gasteiger partial charge in [-0.2, -0.15) is 0 Å². The van der Waals surface area contributed by atoms with Gasteiger partial charge >= 0.3 is 0 Å². The van der Waals surface area contributed by atoms with Crippen LogP contribution in [0, 0.1) is 12.8 Å². The van der Waals surface area contributed by atoms with E-state index in [0.29, 0.717) is 11.3 Å². The number of anilines is 1. The third kappa shape index (κ3) is 2.14. The van der Waals surface area contributed by atoms with Crippen LogP contribution in [0.3, 0.4) is 0 Å². The summed E-state index contributed by atoms with van der Waals surface area (Å²) in [5.74, 6) is 2.31. The summed E-state index contributed by atoms with van der Waals surface area (Å²) in [5, 5.41) is 11.9. The van der Waals surface area contributed by atoms with Gasteiger partial charge in [-0.3, -0.25) is 4.40 Å². The molecular weight excluding hydrogens is 250 g/mol. The van der Waals surface area contributed by atoms with E-state index in [1.807, 2.05) is 17.5 Å². The summed E-state index contributed by atoms with van der Waals surface area (Å²) < 4.78 is 1.94. The molecule has 1 aliphatic rings. The number of halogens is 1. The van der Waals surface area contributed by atoms with Crippen LogP contribution in [0.1, 0.15) is 25.1 Å². The molecule has 0 amide bonds. The number of hydrogen-bond donors (Lipinski definition) is 1. The fourth-order valence-corrected chi connectivity index (χ4v) is 2.88. The van der Waals surface area contributed by atoms with E-state index in [1.165, 1.54) is 6.42 Å². The second-order valence-electron chi connectivity index (χ2n) is 4.87. The van der Waals surface area contributed by atoms with E-state index >= 15 is 0 Å². The highest BCUT2D eigenvalue weighted by molar-refractivity contribution is 6.20. The van der Waals surface area contributed by atoms with Crippen LogP contribution in [0.25, 0.3) is 5.65 Å². The maximum atomic E-state index is 6.12. The van der Waals surface area contributed by atoms with Gasteiger partial charge in [0, 0.05) is 24.3 Å². The Kier molecular flexibility index (Phi) is 3.07. The first kappa shape index (κ1) is 11.7. The summed E-state index contributed by atoms with van der Waals surface area (Å²) in [6, 6.07) is 0. The Morgan fingerprint density at radius 1 is 1.44 bits per heavy atom. The van der Waals surface area contributed by atoms with Crippen molar-refractivity contribution in [2.24, 2.45) is 5.92 Å². The van der Waals surface area contributed by atoms with Crippen molar-refractivity contribution < 1.29 is 0 Å². The molecular formula is C12H16ClN5. The van der Waals surface area contributed by atoms with E-state index in [-0.39, 0.29) is 0 Å². The first-order valence-electron chi connectivity index (χ1n) is 6.28. The minimum absolute atomic E-state index is 0.343. The van der Waals surface area contributed by atoms with Crippen LogP contribution in [-0.4, -0.2) is 31.5 Å². The Morgan fingerprint density at radius 2 is 2.33 bits per heavy atom. The molecule has 2 aromatic heterocycles. The molecule has 5 nitrogen and oxygen atoms in total. The Morgan fingerprint density at radius 3 is 3.11 bits per heavy atom. The predicted octanol–water partition coefficient (Wildman–Crippen LogP) is 2.25. The van der Waals surface area contributed by atoms with E-state index in [4.69, 9.17) is 11.6 Å². The lowest BCUT2D eigenvalue weighted by Crippen LogP contribution is -2.13. The second kappa shape index (κ2) is 4.72. The van der Waals surface area contributed by atoms with E-state index in [1.54, 1.807) is 6.20 Å². The zero-order valence-electron chi connectivity index (χ0n) is 10.3. The lowest BCUT2D eigenvalue weighted by Gasteiger charge is -2.11. The van der Waals surface area contributed by atoms with Gasteiger partial charge in [0.25, 0.3) is 0 Å². The SMILES string of the molecule is Cc1nnc2c(NCC3CCC(Cl)C3)nccn12. The molecule has 1 N–H and O–H groups in total. The van der Waals surface area contributed by atoms with Crippen LogP contribution in [0.15, 0.2) is 12.4 Å². The minimum Gasteiger partial charge on any atom is -0.367 e. The lowest BCUT2D eigenvalue weighted by atomic mass is 10.1. The fraction of sp³-hybridized carbons (Fsp3) is 0.583. The number of alkyl halides is 1. The molecule has 2 atom stereocenters. The van der Waals surface area contributed by atoms with Crippen molar-refractivity contribution in [2.45, 2.75) is 31.6 Å². The van der Waals surface area contributed by atoms with Crippen molar-refractivity contribution in [2.75, 3.05) is 11.9 Å². The van der Waals surface area contributed by atoms with Crippen molar-refractivity contribution in [3.05, 3.63) is 18.2 Å². The first-order valence-corrected chi connectivity index (χ1v) is 6.72. The molecule has 3 rings (SSSR count). The predicted molar refractivity (Wildman–Crippen MR) is 71.0 cm³/mol. The number of aryl methyl sites for hydroxylation is 1. The molecule has 2 heterocycles. The third-order valence-corrected chi connectivity index (χ3v) is 3.93. The maximum Gasteiger partial charge on any atom is 0.203 e. The van der Waals surface area contributed by atoms with E-state index in [0.717, 1.165) is 36.7 Å². The molecule has 0 saturated heterocycles. The van der Waals surface area contributed by atoms with Crippen molar-refractivity contribution >= 4 is 23.1 Å². The molecule has 96 valence electrons. The zero-order chi connectivity index (χ0) is 12.5. The van der Waals surface area contributed by atoms with E-state index in [9.17, 15) is 0 Å². The van der Waals surface area contributed by atoms with Crippen LogP contribution in [0.5, 0.6) is 0 Å². The molecule has 2 aromatic rings.